The highest BCUT2D eigenvalue weighted by atomic mass is 35.5. The lowest BCUT2D eigenvalue weighted by Gasteiger charge is -2.29. The highest BCUT2D eigenvalue weighted by Crippen LogP contribution is 2.32. The van der Waals surface area contributed by atoms with E-state index in [1.165, 1.54) is 0 Å². The molecule has 1 heterocycles. The third-order valence-electron chi connectivity index (χ3n) is 3.81. The zero-order valence-electron chi connectivity index (χ0n) is 13.3. The van der Waals surface area contributed by atoms with Gasteiger partial charge in [-0.2, -0.15) is 0 Å². The van der Waals surface area contributed by atoms with Crippen LogP contribution in [0.3, 0.4) is 0 Å². The van der Waals surface area contributed by atoms with Crippen molar-refractivity contribution in [2.45, 2.75) is 13.0 Å². The van der Waals surface area contributed by atoms with Crippen LogP contribution in [0.1, 0.15) is 18.5 Å². The molecular formula is C18H15Cl2N3O2. The molecule has 0 fully saturated rings. The van der Waals surface area contributed by atoms with Crippen LogP contribution in [-0.2, 0) is 4.79 Å². The number of amides is 3. The average Bonchev–Trinajstić information content (AvgIpc) is 2.54. The van der Waals surface area contributed by atoms with Crippen molar-refractivity contribution in [3.8, 4) is 0 Å². The lowest BCUT2D eigenvalue weighted by atomic mass is 9.94. The van der Waals surface area contributed by atoms with Gasteiger partial charge in [-0.1, -0.05) is 47.5 Å². The number of rotatable bonds is 3. The first kappa shape index (κ1) is 17.3. The summed E-state index contributed by atoms with van der Waals surface area (Å²) in [4.78, 5) is 24.7. The Balaban J connectivity index is 1.97. The second-order valence-corrected chi connectivity index (χ2v) is 6.40. The molecule has 2 aromatic rings. The molecule has 25 heavy (non-hydrogen) atoms. The molecular weight excluding hydrogens is 361 g/mol. The van der Waals surface area contributed by atoms with Gasteiger partial charge < -0.3 is 16.0 Å². The normalized spacial score (nSPS) is 16.9. The van der Waals surface area contributed by atoms with Gasteiger partial charge in [0.1, 0.15) is 0 Å². The van der Waals surface area contributed by atoms with Crippen LogP contribution in [0.5, 0.6) is 0 Å². The maximum atomic E-state index is 12.8. The van der Waals surface area contributed by atoms with E-state index < -0.39 is 6.04 Å². The number of carbonyl (C=O) groups excluding carboxylic acids is 2. The fraction of sp³-hybridized carbons (Fsp3) is 0.111. The van der Waals surface area contributed by atoms with Crippen molar-refractivity contribution in [2.75, 3.05) is 5.32 Å². The second kappa shape index (κ2) is 7.17. The van der Waals surface area contributed by atoms with Crippen molar-refractivity contribution in [3.63, 3.8) is 0 Å². The number of benzene rings is 2. The molecule has 0 aromatic heterocycles. The average molecular weight is 376 g/mol. The van der Waals surface area contributed by atoms with E-state index in [1.54, 1.807) is 55.5 Å². The minimum Gasteiger partial charge on any atom is -0.327 e. The number of carbonyl (C=O) groups is 2. The monoisotopic (exact) mass is 375 g/mol. The van der Waals surface area contributed by atoms with Crippen LogP contribution in [0.2, 0.25) is 10.0 Å². The van der Waals surface area contributed by atoms with E-state index in [0.29, 0.717) is 32.6 Å². The van der Waals surface area contributed by atoms with E-state index in [-0.39, 0.29) is 11.9 Å². The maximum Gasteiger partial charge on any atom is 0.319 e. The summed E-state index contributed by atoms with van der Waals surface area (Å²) in [5, 5.41) is 9.16. The minimum absolute atomic E-state index is 0.350. The van der Waals surface area contributed by atoms with E-state index >= 15 is 0 Å². The quantitative estimate of drug-likeness (QED) is 0.749. The molecule has 7 heteroatoms. The van der Waals surface area contributed by atoms with E-state index in [1.807, 2.05) is 0 Å². The first-order chi connectivity index (χ1) is 12.0. The summed E-state index contributed by atoms with van der Waals surface area (Å²) < 4.78 is 0. The lowest BCUT2D eigenvalue weighted by Crippen LogP contribution is -2.46. The van der Waals surface area contributed by atoms with Gasteiger partial charge in [0.15, 0.2) is 0 Å². The molecule has 128 valence electrons. The van der Waals surface area contributed by atoms with Crippen LogP contribution in [0.15, 0.2) is 59.8 Å². The van der Waals surface area contributed by atoms with E-state index in [0.717, 1.165) is 0 Å². The molecule has 0 saturated heterocycles. The zero-order valence-corrected chi connectivity index (χ0v) is 14.8. The molecule has 1 aliphatic rings. The van der Waals surface area contributed by atoms with Crippen LogP contribution in [-0.4, -0.2) is 11.9 Å². The number of hydrogen-bond donors (Lipinski definition) is 3. The van der Waals surface area contributed by atoms with Crippen molar-refractivity contribution in [1.82, 2.24) is 10.6 Å². The summed E-state index contributed by atoms with van der Waals surface area (Å²) in [5.41, 5.74) is 2.06. The van der Waals surface area contributed by atoms with Crippen molar-refractivity contribution >= 4 is 40.8 Å². The molecule has 3 amide bonds. The molecule has 2 aromatic carbocycles. The predicted octanol–water partition coefficient (Wildman–Crippen LogP) is 4.26. The van der Waals surface area contributed by atoms with Gasteiger partial charge in [0.25, 0.3) is 5.91 Å². The SMILES string of the molecule is CC1=C(C(=O)Nc2cccc(Cl)c2)C(c2ccccc2Cl)NC(=O)N1. The number of allylic oxidation sites excluding steroid dienone is 1. The Bertz CT molecular complexity index is 880. The van der Waals surface area contributed by atoms with Gasteiger partial charge in [0, 0.05) is 21.4 Å². The zero-order chi connectivity index (χ0) is 18.0. The molecule has 0 spiro atoms. The Morgan fingerprint density at radius 2 is 1.88 bits per heavy atom. The van der Waals surface area contributed by atoms with Gasteiger partial charge in [0.2, 0.25) is 0 Å². The summed E-state index contributed by atoms with van der Waals surface area (Å²) in [6, 6.07) is 12.9. The third-order valence-corrected chi connectivity index (χ3v) is 4.39. The van der Waals surface area contributed by atoms with E-state index in [9.17, 15) is 9.59 Å². The van der Waals surface area contributed by atoms with Gasteiger partial charge in [-0.25, -0.2) is 4.79 Å². The molecule has 0 aliphatic carbocycles. The highest BCUT2D eigenvalue weighted by molar-refractivity contribution is 6.31. The summed E-state index contributed by atoms with van der Waals surface area (Å²) >= 11 is 12.2. The number of anilines is 1. The third kappa shape index (κ3) is 3.78. The van der Waals surface area contributed by atoms with Crippen molar-refractivity contribution in [2.24, 2.45) is 0 Å². The molecule has 1 atom stereocenters. The van der Waals surface area contributed by atoms with Crippen LogP contribution < -0.4 is 16.0 Å². The molecule has 5 nitrogen and oxygen atoms in total. The van der Waals surface area contributed by atoms with Crippen LogP contribution in [0.4, 0.5) is 10.5 Å². The lowest BCUT2D eigenvalue weighted by molar-refractivity contribution is -0.113. The van der Waals surface area contributed by atoms with Crippen LogP contribution >= 0.6 is 23.2 Å². The fourth-order valence-electron chi connectivity index (χ4n) is 2.70. The van der Waals surface area contributed by atoms with Gasteiger partial charge in [-0.15, -0.1) is 0 Å². The van der Waals surface area contributed by atoms with Crippen molar-refractivity contribution in [3.05, 3.63) is 75.4 Å². The number of nitrogens with one attached hydrogen (secondary N) is 3. The van der Waals surface area contributed by atoms with Crippen LogP contribution in [0.25, 0.3) is 0 Å². The van der Waals surface area contributed by atoms with E-state index in [4.69, 9.17) is 23.2 Å². The second-order valence-electron chi connectivity index (χ2n) is 5.56. The highest BCUT2D eigenvalue weighted by Gasteiger charge is 2.32. The Labute approximate surface area is 155 Å². The van der Waals surface area contributed by atoms with Gasteiger partial charge >= 0.3 is 6.03 Å². The summed E-state index contributed by atoms with van der Waals surface area (Å²) in [6.45, 7) is 1.68. The fourth-order valence-corrected chi connectivity index (χ4v) is 3.14. The molecule has 1 unspecified atom stereocenters. The van der Waals surface area contributed by atoms with Gasteiger partial charge in [-0.05, 0) is 36.8 Å². The van der Waals surface area contributed by atoms with Gasteiger partial charge in [0.05, 0.1) is 11.6 Å². The summed E-state index contributed by atoms with van der Waals surface area (Å²) in [5.74, 6) is -0.350. The standard InChI is InChI=1S/C18H15Cl2N3O2/c1-10-15(17(24)22-12-6-4-5-11(19)9-12)16(23-18(25)21-10)13-7-2-3-8-14(13)20/h2-9,16H,1H3,(H,22,24)(H2,21,23,25). The van der Waals surface area contributed by atoms with Crippen molar-refractivity contribution < 1.29 is 9.59 Å². The van der Waals surface area contributed by atoms with E-state index in [2.05, 4.69) is 16.0 Å². The number of urea groups is 1. The molecule has 3 N–H and O–H groups in total. The Hall–Kier alpha value is -2.50. The molecule has 0 radical (unpaired) electrons. The topological polar surface area (TPSA) is 70.2 Å². The Morgan fingerprint density at radius 1 is 1.12 bits per heavy atom. The molecule has 3 rings (SSSR count). The number of halogens is 2. The summed E-state index contributed by atoms with van der Waals surface area (Å²) in [7, 11) is 0. The Morgan fingerprint density at radius 3 is 2.60 bits per heavy atom. The van der Waals surface area contributed by atoms with Gasteiger partial charge in [-0.3, -0.25) is 4.79 Å². The van der Waals surface area contributed by atoms with Crippen LogP contribution in [0, 0.1) is 0 Å². The number of hydrogen-bond acceptors (Lipinski definition) is 2. The Kier molecular flexibility index (Phi) is 4.97. The molecule has 0 bridgehead atoms. The van der Waals surface area contributed by atoms with Crippen molar-refractivity contribution in [1.29, 1.82) is 0 Å². The smallest absolute Gasteiger partial charge is 0.319 e. The minimum atomic E-state index is -0.651. The maximum absolute atomic E-state index is 12.8. The summed E-state index contributed by atoms with van der Waals surface area (Å²) in [6.07, 6.45) is 0. The first-order valence-electron chi connectivity index (χ1n) is 7.55. The largest absolute Gasteiger partial charge is 0.327 e. The first-order valence-corrected chi connectivity index (χ1v) is 8.31. The predicted molar refractivity (Wildman–Crippen MR) is 98.6 cm³/mol. The molecule has 1 aliphatic heterocycles. The molecule has 0 saturated carbocycles.